The molecule has 8 heteroatoms. The van der Waals surface area contributed by atoms with Gasteiger partial charge in [0.05, 0.1) is 7.11 Å². The number of aromatic amines is 1. The molecule has 0 atom stereocenters. The highest BCUT2D eigenvalue weighted by atomic mass is 19.3. The molecule has 30 heavy (non-hydrogen) atoms. The third-order valence-corrected chi connectivity index (χ3v) is 4.86. The molecule has 0 aliphatic rings. The zero-order valence-electron chi connectivity index (χ0n) is 16.8. The van der Waals surface area contributed by atoms with Crippen LogP contribution in [0.15, 0.2) is 42.5 Å². The van der Waals surface area contributed by atoms with Crippen molar-refractivity contribution >= 4 is 10.9 Å². The third-order valence-electron chi connectivity index (χ3n) is 4.86. The monoisotopic (exact) mass is 424 g/mol. The van der Waals surface area contributed by atoms with Crippen molar-refractivity contribution < 1.29 is 27.0 Å². The quantitative estimate of drug-likeness (QED) is 0.352. The number of halogens is 4. The van der Waals surface area contributed by atoms with Gasteiger partial charge in [-0.2, -0.15) is 8.78 Å². The Morgan fingerprint density at radius 3 is 2.63 bits per heavy atom. The number of aryl methyl sites for hydroxylation is 1. The highest BCUT2D eigenvalue weighted by Crippen LogP contribution is 2.27. The van der Waals surface area contributed by atoms with Gasteiger partial charge in [0.15, 0.2) is 6.61 Å². The van der Waals surface area contributed by atoms with E-state index in [9.17, 15) is 17.6 Å². The fourth-order valence-corrected chi connectivity index (χ4v) is 3.24. The smallest absolute Gasteiger partial charge is 0.340 e. The van der Waals surface area contributed by atoms with Crippen molar-refractivity contribution in [3.8, 4) is 11.5 Å². The summed E-state index contributed by atoms with van der Waals surface area (Å²) in [6.07, 6.45) is -2.97. The fourth-order valence-electron chi connectivity index (χ4n) is 3.24. The van der Waals surface area contributed by atoms with E-state index in [4.69, 9.17) is 9.47 Å². The van der Waals surface area contributed by atoms with E-state index in [1.165, 1.54) is 11.6 Å². The Morgan fingerprint density at radius 1 is 1.10 bits per heavy atom. The highest BCUT2D eigenvalue weighted by Gasteiger charge is 2.41. The van der Waals surface area contributed by atoms with Crippen molar-refractivity contribution in [2.45, 2.75) is 32.2 Å². The normalized spacial score (nSPS) is 12.0. The molecule has 0 saturated carbocycles. The standard InChI is InChI=1S/C22H24F4N2O2/c1-14-18(19-11-16(29-2)6-7-20(19)28-14)8-9-27-12-15-4-3-5-17(10-15)30-13-22(25,26)21(23)24/h3-7,10-11,21,27-28H,8-9,12-13H2,1-2H3. The second-order valence-corrected chi connectivity index (χ2v) is 7.06. The predicted octanol–water partition coefficient (Wildman–Crippen LogP) is 5.10. The summed E-state index contributed by atoms with van der Waals surface area (Å²) in [4.78, 5) is 3.36. The van der Waals surface area contributed by atoms with Crippen LogP contribution in [0.5, 0.6) is 11.5 Å². The first-order valence-electron chi connectivity index (χ1n) is 9.54. The largest absolute Gasteiger partial charge is 0.497 e. The summed E-state index contributed by atoms with van der Waals surface area (Å²) in [6, 6.07) is 12.4. The van der Waals surface area contributed by atoms with Crippen molar-refractivity contribution in [2.75, 3.05) is 20.3 Å². The Hall–Kier alpha value is -2.74. The van der Waals surface area contributed by atoms with Gasteiger partial charge in [-0.3, -0.25) is 0 Å². The van der Waals surface area contributed by atoms with Crippen LogP contribution in [-0.2, 0) is 13.0 Å². The summed E-state index contributed by atoms with van der Waals surface area (Å²) in [5.74, 6) is -3.24. The van der Waals surface area contributed by atoms with Gasteiger partial charge in [-0.15, -0.1) is 0 Å². The average Bonchev–Trinajstić information content (AvgIpc) is 3.04. The van der Waals surface area contributed by atoms with Gasteiger partial charge >= 0.3 is 12.3 Å². The molecule has 3 aromatic rings. The van der Waals surface area contributed by atoms with Crippen molar-refractivity contribution in [1.82, 2.24) is 10.3 Å². The third kappa shape index (κ3) is 5.24. The van der Waals surface area contributed by atoms with E-state index < -0.39 is 19.0 Å². The Bertz CT molecular complexity index is 988. The van der Waals surface area contributed by atoms with Gasteiger partial charge in [0, 0.05) is 23.1 Å². The van der Waals surface area contributed by atoms with E-state index in [-0.39, 0.29) is 5.75 Å². The summed E-state index contributed by atoms with van der Waals surface area (Å²) in [7, 11) is 1.63. The molecule has 0 aliphatic carbocycles. The Morgan fingerprint density at radius 2 is 1.90 bits per heavy atom. The first kappa shape index (κ1) is 22.0. The molecule has 162 valence electrons. The van der Waals surface area contributed by atoms with Crippen LogP contribution in [0.2, 0.25) is 0 Å². The van der Waals surface area contributed by atoms with Crippen molar-refractivity contribution in [3.63, 3.8) is 0 Å². The highest BCUT2D eigenvalue weighted by molar-refractivity contribution is 5.86. The minimum atomic E-state index is -4.17. The number of aromatic nitrogens is 1. The lowest BCUT2D eigenvalue weighted by Crippen LogP contribution is -2.33. The van der Waals surface area contributed by atoms with Gasteiger partial charge < -0.3 is 19.8 Å². The summed E-state index contributed by atoms with van der Waals surface area (Å²) < 4.78 is 60.6. The zero-order chi connectivity index (χ0) is 21.7. The van der Waals surface area contributed by atoms with E-state index in [0.717, 1.165) is 34.3 Å². The summed E-state index contributed by atoms with van der Waals surface area (Å²) in [6.45, 7) is 1.86. The second-order valence-electron chi connectivity index (χ2n) is 7.06. The van der Waals surface area contributed by atoms with Crippen LogP contribution >= 0.6 is 0 Å². The van der Waals surface area contributed by atoms with Crippen LogP contribution in [-0.4, -0.2) is 37.6 Å². The lowest BCUT2D eigenvalue weighted by molar-refractivity contribution is -0.148. The number of hydrogen-bond donors (Lipinski definition) is 2. The lowest BCUT2D eigenvalue weighted by Gasteiger charge is -2.16. The molecule has 0 unspecified atom stereocenters. The molecule has 0 fully saturated rings. The summed E-state index contributed by atoms with van der Waals surface area (Å²) >= 11 is 0. The molecule has 0 spiro atoms. The second kappa shape index (κ2) is 9.38. The number of methoxy groups -OCH3 is 1. The number of alkyl halides is 4. The Kier molecular flexibility index (Phi) is 6.87. The van der Waals surface area contributed by atoms with E-state index >= 15 is 0 Å². The molecule has 2 N–H and O–H groups in total. The molecule has 0 saturated heterocycles. The van der Waals surface area contributed by atoms with Gasteiger partial charge in [0.1, 0.15) is 11.5 Å². The number of nitrogens with one attached hydrogen (secondary N) is 2. The van der Waals surface area contributed by atoms with Crippen LogP contribution in [0.3, 0.4) is 0 Å². The van der Waals surface area contributed by atoms with Crippen LogP contribution < -0.4 is 14.8 Å². The minimum Gasteiger partial charge on any atom is -0.497 e. The maximum absolute atomic E-state index is 13.0. The van der Waals surface area contributed by atoms with Crippen LogP contribution in [0.1, 0.15) is 16.8 Å². The lowest BCUT2D eigenvalue weighted by atomic mass is 10.1. The van der Waals surface area contributed by atoms with Crippen molar-refractivity contribution in [2.24, 2.45) is 0 Å². The van der Waals surface area contributed by atoms with Gasteiger partial charge in [-0.1, -0.05) is 12.1 Å². The number of rotatable bonds is 10. The van der Waals surface area contributed by atoms with Crippen molar-refractivity contribution in [3.05, 3.63) is 59.3 Å². The van der Waals surface area contributed by atoms with Crippen molar-refractivity contribution in [1.29, 1.82) is 0 Å². The van der Waals surface area contributed by atoms with E-state index in [0.29, 0.717) is 13.1 Å². The van der Waals surface area contributed by atoms with Gasteiger partial charge in [0.2, 0.25) is 0 Å². The molecule has 0 radical (unpaired) electrons. The topological polar surface area (TPSA) is 46.3 Å². The first-order chi connectivity index (χ1) is 14.3. The molecule has 1 aromatic heterocycles. The molecule has 0 bridgehead atoms. The van der Waals surface area contributed by atoms with Gasteiger partial charge in [-0.05, 0) is 61.3 Å². The number of H-pyrrole nitrogens is 1. The van der Waals surface area contributed by atoms with E-state index in [1.807, 2.05) is 31.2 Å². The van der Waals surface area contributed by atoms with Crippen LogP contribution in [0.4, 0.5) is 17.6 Å². The number of fused-ring (bicyclic) bond motifs is 1. The Labute approximate surface area is 172 Å². The molecular formula is C22H24F4N2O2. The maximum Gasteiger partial charge on any atom is 0.340 e. The molecule has 3 rings (SSSR count). The number of ether oxygens (including phenoxy) is 2. The summed E-state index contributed by atoms with van der Waals surface area (Å²) in [5, 5.41) is 4.42. The average molecular weight is 424 g/mol. The molecule has 0 aliphatic heterocycles. The SMILES string of the molecule is COc1ccc2[nH]c(C)c(CCNCc3cccc(OCC(F)(F)C(F)F)c3)c2c1. The molecule has 2 aromatic carbocycles. The Balaban J connectivity index is 1.55. The van der Waals surface area contributed by atoms with Crippen LogP contribution in [0, 0.1) is 6.92 Å². The van der Waals surface area contributed by atoms with E-state index in [2.05, 4.69) is 10.3 Å². The van der Waals surface area contributed by atoms with Gasteiger partial charge in [0.25, 0.3) is 0 Å². The van der Waals surface area contributed by atoms with E-state index in [1.54, 1.807) is 19.2 Å². The summed E-state index contributed by atoms with van der Waals surface area (Å²) in [5.41, 5.74) is 4.15. The maximum atomic E-state index is 13.0. The molecule has 4 nitrogen and oxygen atoms in total. The number of hydrogen-bond acceptors (Lipinski definition) is 3. The molecular weight excluding hydrogens is 400 g/mol. The minimum absolute atomic E-state index is 0.134. The first-order valence-corrected chi connectivity index (χ1v) is 9.54. The van der Waals surface area contributed by atoms with Crippen LogP contribution in [0.25, 0.3) is 10.9 Å². The fraction of sp³-hybridized carbons (Fsp3) is 0.364. The zero-order valence-corrected chi connectivity index (χ0v) is 16.8. The van der Waals surface area contributed by atoms with Gasteiger partial charge in [-0.25, -0.2) is 8.78 Å². The predicted molar refractivity (Wildman–Crippen MR) is 108 cm³/mol. The molecule has 1 heterocycles. The molecule has 0 amide bonds. The number of benzene rings is 2.